The van der Waals surface area contributed by atoms with E-state index in [2.05, 4.69) is 20.2 Å². The molecule has 1 saturated carbocycles. The van der Waals surface area contributed by atoms with Crippen LogP contribution in [-0.2, 0) is 13.1 Å². The van der Waals surface area contributed by atoms with Gasteiger partial charge in [0.05, 0.1) is 18.8 Å². The van der Waals surface area contributed by atoms with E-state index >= 15 is 0 Å². The lowest BCUT2D eigenvalue weighted by atomic mass is 10.1. The van der Waals surface area contributed by atoms with Crippen LogP contribution in [-0.4, -0.2) is 32.1 Å². The summed E-state index contributed by atoms with van der Waals surface area (Å²) in [5.41, 5.74) is 0.905. The summed E-state index contributed by atoms with van der Waals surface area (Å²) in [6, 6.07) is 4.29. The highest BCUT2D eigenvalue weighted by molar-refractivity contribution is 5.46. The molecule has 0 bridgehead atoms. The predicted octanol–water partition coefficient (Wildman–Crippen LogP) is 1.11. The molecule has 0 aromatic carbocycles. The fraction of sp³-hybridized carbons (Fsp3) is 0.471. The second-order valence-electron chi connectivity index (χ2n) is 6.55. The number of aromatic amines is 1. The van der Waals surface area contributed by atoms with Gasteiger partial charge in [0.1, 0.15) is 5.82 Å². The minimum Gasteiger partial charge on any atom is -0.358 e. The summed E-state index contributed by atoms with van der Waals surface area (Å²) in [5, 5.41) is 3.31. The van der Waals surface area contributed by atoms with Crippen LogP contribution in [0.5, 0.6) is 0 Å². The molecular formula is C17H21N5O2. The van der Waals surface area contributed by atoms with Gasteiger partial charge in [-0.15, -0.1) is 0 Å². The maximum absolute atomic E-state index is 12.3. The van der Waals surface area contributed by atoms with Crippen molar-refractivity contribution in [2.75, 3.05) is 12.0 Å². The fourth-order valence-electron chi connectivity index (χ4n) is 3.75. The molecule has 7 nitrogen and oxygen atoms in total. The molecule has 2 N–H and O–H groups in total. The molecule has 1 fully saturated rings. The van der Waals surface area contributed by atoms with E-state index in [4.69, 9.17) is 0 Å². The summed E-state index contributed by atoms with van der Waals surface area (Å²) in [5.74, 6) is 0.641. The first kappa shape index (κ1) is 15.1. The summed E-state index contributed by atoms with van der Waals surface area (Å²) in [7, 11) is 0. The van der Waals surface area contributed by atoms with Crippen molar-refractivity contribution in [1.29, 1.82) is 0 Å². The van der Waals surface area contributed by atoms with Crippen molar-refractivity contribution < 1.29 is 0 Å². The van der Waals surface area contributed by atoms with E-state index < -0.39 is 0 Å². The molecule has 1 aliphatic heterocycles. The highest BCUT2D eigenvalue weighted by Gasteiger charge is 2.29. The standard InChI is InChI=1S/C17H21N5O2/c23-16-14-10-21(13-5-1-2-6-13)11-19-15(14)22(17(24)20-16)9-12-4-3-7-18-8-12/h3-4,7-8,13,19H,1-2,5-6,9-11H2,(H,20,23,24). The number of nitrogens with zero attached hydrogens (tertiary/aromatic N) is 3. The third-order valence-corrected chi connectivity index (χ3v) is 5.01. The van der Waals surface area contributed by atoms with Gasteiger partial charge in [0, 0.05) is 25.0 Å². The molecule has 0 amide bonds. The van der Waals surface area contributed by atoms with Crippen LogP contribution in [0.4, 0.5) is 5.82 Å². The molecule has 2 aliphatic rings. The van der Waals surface area contributed by atoms with Gasteiger partial charge in [-0.05, 0) is 24.5 Å². The van der Waals surface area contributed by atoms with Crippen LogP contribution in [0.2, 0.25) is 0 Å². The first-order valence-electron chi connectivity index (χ1n) is 8.45. The molecule has 24 heavy (non-hydrogen) atoms. The predicted molar refractivity (Wildman–Crippen MR) is 91.0 cm³/mol. The van der Waals surface area contributed by atoms with Gasteiger partial charge in [0.15, 0.2) is 0 Å². The fourth-order valence-corrected chi connectivity index (χ4v) is 3.75. The van der Waals surface area contributed by atoms with Crippen LogP contribution >= 0.6 is 0 Å². The Morgan fingerprint density at radius 2 is 2.08 bits per heavy atom. The largest absolute Gasteiger partial charge is 0.358 e. The number of H-pyrrole nitrogens is 1. The van der Waals surface area contributed by atoms with Crippen molar-refractivity contribution in [3.8, 4) is 0 Å². The molecule has 4 rings (SSSR count). The van der Waals surface area contributed by atoms with Gasteiger partial charge in [-0.3, -0.25) is 24.2 Å². The van der Waals surface area contributed by atoms with Gasteiger partial charge in [0.2, 0.25) is 0 Å². The molecule has 1 aliphatic carbocycles. The summed E-state index contributed by atoms with van der Waals surface area (Å²) < 4.78 is 1.60. The minimum atomic E-state index is -0.385. The van der Waals surface area contributed by atoms with Gasteiger partial charge in [-0.1, -0.05) is 18.9 Å². The first-order valence-corrected chi connectivity index (χ1v) is 8.45. The number of aromatic nitrogens is 3. The monoisotopic (exact) mass is 327 g/mol. The number of fused-ring (bicyclic) bond motifs is 1. The van der Waals surface area contributed by atoms with Crippen molar-refractivity contribution in [1.82, 2.24) is 19.4 Å². The van der Waals surface area contributed by atoms with Crippen LogP contribution in [0.15, 0.2) is 34.1 Å². The molecule has 2 aromatic heterocycles. The van der Waals surface area contributed by atoms with E-state index in [1.54, 1.807) is 17.0 Å². The Labute approximate surface area is 139 Å². The topological polar surface area (TPSA) is 83.0 Å². The Hall–Kier alpha value is -2.41. The Bertz CT molecular complexity index is 836. The van der Waals surface area contributed by atoms with Crippen molar-refractivity contribution in [3.63, 3.8) is 0 Å². The average Bonchev–Trinajstić information content (AvgIpc) is 3.14. The van der Waals surface area contributed by atoms with E-state index in [1.807, 2.05) is 12.1 Å². The van der Waals surface area contributed by atoms with Crippen LogP contribution < -0.4 is 16.6 Å². The Kier molecular flexibility index (Phi) is 3.93. The van der Waals surface area contributed by atoms with Crippen LogP contribution in [0.3, 0.4) is 0 Å². The molecule has 0 atom stereocenters. The Morgan fingerprint density at radius 3 is 2.83 bits per heavy atom. The molecule has 0 radical (unpaired) electrons. The van der Waals surface area contributed by atoms with Crippen LogP contribution in [0.1, 0.15) is 36.8 Å². The van der Waals surface area contributed by atoms with Gasteiger partial charge in [-0.2, -0.15) is 0 Å². The number of hydrogen-bond donors (Lipinski definition) is 2. The Balaban J connectivity index is 1.69. The smallest absolute Gasteiger partial charge is 0.330 e. The summed E-state index contributed by atoms with van der Waals surface area (Å²) in [6.45, 7) is 1.66. The van der Waals surface area contributed by atoms with E-state index in [0.717, 1.165) is 5.56 Å². The van der Waals surface area contributed by atoms with Crippen molar-refractivity contribution in [2.45, 2.75) is 44.8 Å². The second-order valence-corrected chi connectivity index (χ2v) is 6.55. The molecule has 0 saturated heterocycles. The van der Waals surface area contributed by atoms with Crippen molar-refractivity contribution in [3.05, 3.63) is 56.5 Å². The lowest BCUT2D eigenvalue weighted by Crippen LogP contribution is -2.46. The third-order valence-electron chi connectivity index (χ3n) is 5.01. The van der Waals surface area contributed by atoms with E-state index in [9.17, 15) is 9.59 Å². The molecule has 0 unspecified atom stereocenters. The third kappa shape index (κ3) is 2.75. The average molecular weight is 327 g/mol. The van der Waals surface area contributed by atoms with Crippen molar-refractivity contribution in [2.24, 2.45) is 0 Å². The van der Waals surface area contributed by atoms with Gasteiger partial charge in [-0.25, -0.2) is 4.79 Å². The zero-order valence-corrected chi connectivity index (χ0v) is 13.5. The maximum Gasteiger partial charge on any atom is 0.330 e. The molecule has 2 aromatic rings. The number of hydrogen-bond acceptors (Lipinski definition) is 5. The first-order chi connectivity index (χ1) is 11.7. The molecular weight excluding hydrogens is 306 g/mol. The minimum absolute atomic E-state index is 0.285. The highest BCUT2D eigenvalue weighted by atomic mass is 16.2. The zero-order chi connectivity index (χ0) is 16.5. The van der Waals surface area contributed by atoms with Gasteiger partial charge < -0.3 is 5.32 Å². The molecule has 3 heterocycles. The molecule has 7 heteroatoms. The molecule has 126 valence electrons. The lowest BCUT2D eigenvalue weighted by molar-refractivity contribution is 0.194. The summed E-state index contributed by atoms with van der Waals surface area (Å²) in [4.78, 5) is 33.4. The Morgan fingerprint density at radius 1 is 1.25 bits per heavy atom. The SMILES string of the molecule is O=c1[nH]c(=O)n(Cc2cccnc2)c2c1CN(C1CCCC1)CN2. The van der Waals surface area contributed by atoms with E-state index in [-0.39, 0.29) is 11.2 Å². The van der Waals surface area contributed by atoms with Crippen LogP contribution in [0.25, 0.3) is 0 Å². The van der Waals surface area contributed by atoms with Crippen molar-refractivity contribution >= 4 is 5.82 Å². The summed E-state index contributed by atoms with van der Waals surface area (Å²) in [6.07, 6.45) is 8.31. The maximum atomic E-state index is 12.3. The van der Waals surface area contributed by atoms with E-state index in [1.165, 1.54) is 25.7 Å². The quantitative estimate of drug-likeness (QED) is 0.882. The normalized spacial score (nSPS) is 18.3. The number of rotatable bonds is 3. The zero-order valence-electron chi connectivity index (χ0n) is 13.5. The molecule has 0 spiro atoms. The van der Waals surface area contributed by atoms with Gasteiger partial charge >= 0.3 is 5.69 Å². The van der Waals surface area contributed by atoms with E-state index in [0.29, 0.717) is 37.2 Å². The highest BCUT2D eigenvalue weighted by Crippen LogP contribution is 2.27. The lowest BCUT2D eigenvalue weighted by Gasteiger charge is -2.34. The van der Waals surface area contributed by atoms with Crippen LogP contribution in [0, 0.1) is 0 Å². The number of anilines is 1. The second kappa shape index (κ2) is 6.24. The number of pyridine rings is 1. The summed E-state index contributed by atoms with van der Waals surface area (Å²) >= 11 is 0. The van der Waals surface area contributed by atoms with Gasteiger partial charge in [0.25, 0.3) is 5.56 Å². The number of nitrogens with one attached hydrogen (secondary N) is 2.